The fourth-order valence-corrected chi connectivity index (χ4v) is 3.41. The van der Waals surface area contributed by atoms with Crippen LogP contribution in [0.5, 0.6) is 0 Å². The van der Waals surface area contributed by atoms with Crippen molar-refractivity contribution in [2.75, 3.05) is 20.7 Å². The van der Waals surface area contributed by atoms with Gasteiger partial charge in [-0.3, -0.25) is 4.79 Å². The zero-order chi connectivity index (χ0) is 12.2. The molecule has 1 rings (SSSR count). The maximum Gasteiger partial charge on any atom is 0.306 e. The number of methoxy groups -OCH3 is 1. The normalized spacial score (nSPS) is 11.7. The van der Waals surface area contributed by atoms with Gasteiger partial charge in [0.05, 0.1) is 13.5 Å². The van der Waals surface area contributed by atoms with Crippen LogP contribution >= 0.6 is 11.3 Å². The molecule has 7 heteroatoms. The van der Waals surface area contributed by atoms with Crippen LogP contribution in [0.25, 0.3) is 0 Å². The highest BCUT2D eigenvalue weighted by Crippen LogP contribution is 2.19. The van der Waals surface area contributed by atoms with Crippen molar-refractivity contribution >= 4 is 27.3 Å². The van der Waals surface area contributed by atoms with Crippen molar-refractivity contribution in [2.24, 2.45) is 0 Å². The van der Waals surface area contributed by atoms with Crippen LogP contribution in [0.2, 0.25) is 0 Å². The Labute approximate surface area is 98.7 Å². The van der Waals surface area contributed by atoms with Crippen molar-refractivity contribution in [2.45, 2.75) is 10.6 Å². The lowest BCUT2D eigenvalue weighted by Gasteiger charge is -2.14. The van der Waals surface area contributed by atoms with Crippen molar-refractivity contribution in [3.05, 3.63) is 17.5 Å². The van der Waals surface area contributed by atoms with Crippen LogP contribution in [0, 0.1) is 0 Å². The molecule has 0 N–H and O–H groups in total. The summed E-state index contributed by atoms with van der Waals surface area (Å²) in [4.78, 5) is 10.9. The molecule has 90 valence electrons. The third-order valence-electron chi connectivity index (χ3n) is 2.02. The van der Waals surface area contributed by atoms with E-state index < -0.39 is 16.0 Å². The number of nitrogens with zero attached hydrogens (tertiary/aromatic N) is 1. The molecule has 0 aliphatic heterocycles. The Morgan fingerprint density at radius 3 is 2.75 bits per heavy atom. The SMILES string of the molecule is COC(=O)CCN(C)S(=O)(=O)c1cccs1. The third kappa shape index (κ3) is 3.03. The topological polar surface area (TPSA) is 63.7 Å². The molecule has 0 bridgehead atoms. The third-order valence-corrected chi connectivity index (χ3v) is 5.25. The number of esters is 1. The number of thiophene rings is 1. The average Bonchev–Trinajstić information content (AvgIpc) is 2.78. The molecule has 0 aliphatic carbocycles. The fourth-order valence-electron chi connectivity index (χ4n) is 1.03. The first-order chi connectivity index (χ1) is 7.48. The minimum atomic E-state index is -3.46. The quantitative estimate of drug-likeness (QED) is 0.741. The second-order valence-corrected chi connectivity index (χ2v) is 6.30. The van der Waals surface area contributed by atoms with Crippen molar-refractivity contribution in [3.8, 4) is 0 Å². The Kier molecular flexibility index (Phi) is 4.45. The predicted octanol–water partition coefficient (Wildman–Crippen LogP) is 0.932. The van der Waals surface area contributed by atoms with Gasteiger partial charge in [-0.2, -0.15) is 4.31 Å². The molecule has 0 unspecified atom stereocenters. The van der Waals surface area contributed by atoms with Crippen molar-refractivity contribution in [1.82, 2.24) is 4.31 Å². The predicted molar refractivity (Wildman–Crippen MR) is 60.8 cm³/mol. The Bertz CT molecular complexity index is 438. The summed E-state index contributed by atoms with van der Waals surface area (Å²) in [7, 11) is -0.739. The Balaban J connectivity index is 2.67. The van der Waals surface area contributed by atoms with Gasteiger partial charge in [0.1, 0.15) is 4.21 Å². The molecule has 0 saturated carbocycles. The molecule has 5 nitrogen and oxygen atoms in total. The van der Waals surface area contributed by atoms with E-state index >= 15 is 0 Å². The van der Waals surface area contributed by atoms with E-state index in [2.05, 4.69) is 4.74 Å². The van der Waals surface area contributed by atoms with Crippen LogP contribution in [0.3, 0.4) is 0 Å². The van der Waals surface area contributed by atoms with E-state index in [1.54, 1.807) is 11.4 Å². The summed E-state index contributed by atoms with van der Waals surface area (Å²) in [6.45, 7) is 0.118. The van der Waals surface area contributed by atoms with Gasteiger partial charge < -0.3 is 4.74 Å². The largest absolute Gasteiger partial charge is 0.469 e. The number of sulfonamides is 1. The highest BCUT2D eigenvalue weighted by atomic mass is 32.2. The van der Waals surface area contributed by atoms with Crippen molar-refractivity contribution in [1.29, 1.82) is 0 Å². The standard InChI is InChI=1S/C9H13NO4S2/c1-10(6-5-8(11)14-2)16(12,13)9-4-3-7-15-9/h3-4,7H,5-6H2,1-2H3. The molecule has 1 aromatic rings. The summed E-state index contributed by atoms with van der Waals surface area (Å²) in [5, 5.41) is 1.70. The van der Waals surface area contributed by atoms with Crippen LogP contribution < -0.4 is 0 Å². The first-order valence-electron chi connectivity index (χ1n) is 4.55. The lowest BCUT2D eigenvalue weighted by atomic mass is 10.4. The zero-order valence-electron chi connectivity index (χ0n) is 9.04. The van der Waals surface area contributed by atoms with Gasteiger partial charge in [0, 0.05) is 13.6 Å². The van der Waals surface area contributed by atoms with Gasteiger partial charge in [-0.1, -0.05) is 6.07 Å². The second kappa shape index (κ2) is 5.42. The molecule has 16 heavy (non-hydrogen) atoms. The van der Waals surface area contributed by atoms with Crippen LogP contribution in [0.15, 0.2) is 21.7 Å². The smallest absolute Gasteiger partial charge is 0.306 e. The van der Waals surface area contributed by atoms with E-state index in [9.17, 15) is 13.2 Å². The van der Waals surface area contributed by atoms with Gasteiger partial charge in [-0.15, -0.1) is 11.3 Å². The number of carbonyl (C=O) groups excluding carboxylic acids is 1. The van der Waals surface area contributed by atoms with E-state index in [0.717, 1.165) is 15.6 Å². The van der Waals surface area contributed by atoms with Gasteiger partial charge >= 0.3 is 5.97 Å². The van der Waals surface area contributed by atoms with Gasteiger partial charge in [0.2, 0.25) is 0 Å². The first kappa shape index (κ1) is 13.1. The molecule has 0 spiro atoms. The van der Waals surface area contributed by atoms with E-state index in [4.69, 9.17) is 0 Å². The van der Waals surface area contributed by atoms with Crippen molar-refractivity contribution < 1.29 is 17.9 Å². The Hall–Kier alpha value is -0.920. The van der Waals surface area contributed by atoms with Gasteiger partial charge in [-0.05, 0) is 11.4 Å². The highest BCUT2D eigenvalue weighted by Gasteiger charge is 2.22. The minimum absolute atomic E-state index is 0.0532. The summed E-state index contributed by atoms with van der Waals surface area (Å²) in [5.74, 6) is -0.423. The maximum atomic E-state index is 11.9. The lowest BCUT2D eigenvalue weighted by Crippen LogP contribution is -2.28. The Morgan fingerprint density at radius 2 is 2.25 bits per heavy atom. The first-order valence-corrected chi connectivity index (χ1v) is 6.87. The number of rotatable bonds is 5. The highest BCUT2D eigenvalue weighted by molar-refractivity contribution is 7.91. The number of carbonyl (C=O) groups is 1. The van der Waals surface area contributed by atoms with Crippen LogP contribution in [0.1, 0.15) is 6.42 Å². The summed E-state index contributed by atoms with van der Waals surface area (Å²) in [5.41, 5.74) is 0. The second-order valence-electron chi connectivity index (χ2n) is 3.08. The van der Waals surface area contributed by atoms with Crippen molar-refractivity contribution in [3.63, 3.8) is 0 Å². The molecule has 0 fully saturated rings. The Morgan fingerprint density at radius 1 is 1.56 bits per heavy atom. The summed E-state index contributed by atoms with van der Waals surface area (Å²) >= 11 is 1.15. The van der Waals surface area contributed by atoms with Crippen LogP contribution in [0.4, 0.5) is 0 Å². The van der Waals surface area contributed by atoms with E-state index in [-0.39, 0.29) is 17.2 Å². The molecular weight excluding hydrogens is 250 g/mol. The van der Waals surface area contributed by atoms with E-state index in [1.807, 2.05) is 0 Å². The van der Waals surface area contributed by atoms with Crippen LogP contribution in [-0.2, 0) is 19.6 Å². The maximum absolute atomic E-state index is 11.9. The summed E-state index contributed by atoms with van der Waals surface area (Å²) in [6.07, 6.45) is 0.0532. The number of ether oxygens (including phenoxy) is 1. The summed E-state index contributed by atoms with van der Waals surface area (Å²) < 4.78 is 29.6. The lowest BCUT2D eigenvalue weighted by molar-refractivity contribution is -0.140. The number of hydrogen-bond acceptors (Lipinski definition) is 5. The molecule has 0 aromatic carbocycles. The molecule has 0 saturated heterocycles. The molecule has 0 aliphatic rings. The minimum Gasteiger partial charge on any atom is -0.469 e. The van der Waals surface area contributed by atoms with E-state index in [1.165, 1.54) is 20.2 Å². The molecule has 0 atom stereocenters. The zero-order valence-corrected chi connectivity index (χ0v) is 10.7. The molecule has 1 aromatic heterocycles. The van der Waals surface area contributed by atoms with Gasteiger partial charge in [-0.25, -0.2) is 8.42 Å². The number of hydrogen-bond donors (Lipinski definition) is 0. The molecule has 1 heterocycles. The molecular formula is C9H13NO4S2. The van der Waals surface area contributed by atoms with Gasteiger partial charge in [0.25, 0.3) is 10.0 Å². The molecule has 0 radical (unpaired) electrons. The van der Waals surface area contributed by atoms with Crippen LogP contribution in [-0.4, -0.2) is 39.4 Å². The fraction of sp³-hybridized carbons (Fsp3) is 0.444. The monoisotopic (exact) mass is 263 g/mol. The average molecular weight is 263 g/mol. The van der Waals surface area contributed by atoms with Gasteiger partial charge in [0.15, 0.2) is 0 Å². The molecule has 0 amide bonds. The summed E-state index contributed by atoms with van der Waals surface area (Å²) in [6, 6.07) is 3.21. The van der Waals surface area contributed by atoms with E-state index in [0.29, 0.717) is 0 Å².